The second kappa shape index (κ2) is 10.0. The fourth-order valence-electron chi connectivity index (χ4n) is 7.03. The average molecular weight is 571 g/mol. The van der Waals surface area contributed by atoms with E-state index < -0.39 is 5.60 Å². The zero-order valence-corrected chi connectivity index (χ0v) is 24.8. The lowest BCUT2D eigenvalue weighted by molar-refractivity contribution is 0.163. The third-order valence-electron chi connectivity index (χ3n) is 9.24. The topological polar surface area (TPSA) is 68.2 Å². The number of aliphatic hydroxyl groups is 2. The molecule has 2 N–H and O–H groups in total. The molecule has 0 bridgehead atoms. The van der Waals surface area contributed by atoms with Gasteiger partial charge in [0.2, 0.25) is 0 Å². The number of benzene rings is 5. The van der Waals surface area contributed by atoms with Crippen LogP contribution in [-0.4, -0.2) is 24.4 Å². The number of rotatable bonds is 6. The van der Waals surface area contributed by atoms with E-state index in [0.717, 1.165) is 50.3 Å². The highest BCUT2D eigenvalue weighted by atomic mass is 16.5. The number of ether oxygens (including phenoxy) is 3. The number of fused-ring (bicyclic) bond motifs is 8. The molecule has 0 amide bonds. The molecule has 5 aromatic rings. The SMILES string of the molecule is COc1ccc(C2(c3ccc(OC)cc3)C=Cc3c4c(c5cc(CO)c(CO)cc5c3O2)-c2ccccc2C4(C)C)cc1. The summed E-state index contributed by atoms with van der Waals surface area (Å²) in [4.78, 5) is 0. The molecular formula is C38H34O5. The van der Waals surface area contributed by atoms with Crippen LogP contribution in [0, 0.1) is 0 Å². The second-order valence-corrected chi connectivity index (χ2v) is 11.8. The highest BCUT2D eigenvalue weighted by molar-refractivity contribution is 6.09. The predicted molar refractivity (Wildman–Crippen MR) is 170 cm³/mol. The normalized spacial score (nSPS) is 15.4. The van der Waals surface area contributed by atoms with E-state index in [1.165, 1.54) is 16.7 Å². The molecule has 5 heteroatoms. The Kier molecular flexibility index (Phi) is 6.35. The first-order valence-electron chi connectivity index (χ1n) is 14.5. The molecule has 0 atom stereocenters. The third-order valence-corrected chi connectivity index (χ3v) is 9.24. The van der Waals surface area contributed by atoms with Gasteiger partial charge in [-0.25, -0.2) is 0 Å². The molecule has 1 heterocycles. The molecule has 0 spiro atoms. The Morgan fingerprint density at radius 3 is 1.84 bits per heavy atom. The van der Waals surface area contributed by atoms with Crippen LogP contribution in [0.25, 0.3) is 28.0 Å². The average Bonchev–Trinajstić information content (AvgIpc) is 3.30. The molecule has 0 aromatic heterocycles. The number of hydrogen-bond acceptors (Lipinski definition) is 5. The Balaban J connectivity index is 1.57. The monoisotopic (exact) mass is 570 g/mol. The zero-order chi connectivity index (χ0) is 29.9. The van der Waals surface area contributed by atoms with Gasteiger partial charge in [-0.3, -0.25) is 0 Å². The maximum absolute atomic E-state index is 10.3. The molecule has 0 radical (unpaired) electrons. The number of methoxy groups -OCH3 is 2. The molecule has 0 saturated heterocycles. The van der Waals surface area contributed by atoms with Crippen LogP contribution in [0.3, 0.4) is 0 Å². The van der Waals surface area contributed by atoms with Crippen molar-refractivity contribution in [1.82, 2.24) is 0 Å². The van der Waals surface area contributed by atoms with E-state index in [9.17, 15) is 10.2 Å². The van der Waals surface area contributed by atoms with Crippen molar-refractivity contribution in [2.24, 2.45) is 0 Å². The molecule has 7 rings (SSSR count). The number of aliphatic hydroxyl groups excluding tert-OH is 2. The van der Waals surface area contributed by atoms with Gasteiger partial charge in [0.15, 0.2) is 5.60 Å². The van der Waals surface area contributed by atoms with Crippen molar-refractivity contribution in [2.45, 2.75) is 38.1 Å². The van der Waals surface area contributed by atoms with Crippen LogP contribution in [0.5, 0.6) is 17.2 Å². The Labute approximate surface area is 251 Å². The van der Waals surface area contributed by atoms with Gasteiger partial charge in [-0.05, 0) is 81.2 Å². The summed E-state index contributed by atoms with van der Waals surface area (Å²) in [5.74, 6) is 2.28. The first-order valence-corrected chi connectivity index (χ1v) is 14.5. The third kappa shape index (κ3) is 3.92. The first kappa shape index (κ1) is 27.3. The van der Waals surface area contributed by atoms with E-state index in [4.69, 9.17) is 14.2 Å². The van der Waals surface area contributed by atoms with E-state index in [2.05, 4.69) is 50.3 Å². The summed E-state index contributed by atoms with van der Waals surface area (Å²) in [6.07, 6.45) is 4.36. The van der Waals surface area contributed by atoms with Gasteiger partial charge in [-0.15, -0.1) is 0 Å². The van der Waals surface area contributed by atoms with E-state index in [0.29, 0.717) is 11.1 Å². The van der Waals surface area contributed by atoms with Gasteiger partial charge in [0.25, 0.3) is 0 Å². The molecule has 5 aromatic carbocycles. The summed E-state index contributed by atoms with van der Waals surface area (Å²) >= 11 is 0. The van der Waals surface area contributed by atoms with Crippen LogP contribution < -0.4 is 14.2 Å². The van der Waals surface area contributed by atoms with Crippen molar-refractivity contribution in [1.29, 1.82) is 0 Å². The van der Waals surface area contributed by atoms with Crippen LogP contribution in [0.2, 0.25) is 0 Å². The Morgan fingerprint density at radius 1 is 0.721 bits per heavy atom. The lowest BCUT2D eigenvalue weighted by atomic mass is 9.76. The van der Waals surface area contributed by atoms with Crippen LogP contribution in [0.15, 0.2) is 91.0 Å². The minimum Gasteiger partial charge on any atom is -0.497 e. The molecule has 1 aliphatic heterocycles. The van der Waals surface area contributed by atoms with Crippen molar-refractivity contribution >= 4 is 16.8 Å². The van der Waals surface area contributed by atoms with Gasteiger partial charge in [0, 0.05) is 27.5 Å². The molecule has 0 unspecified atom stereocenters. The van der Waals surface area contributed by atoms with Gasteiger partial charge in [0.05, 0.1) is 27.4 Å². The van der Waals surface area contributed by atoms with Gasteiger partial charge in [-0.2, -0.15) is 0 Å². The van der Waals surface area contributed by atoms with E-state index in [1.807, 2.05) is 60.7 Å². The lowest BCUT2D eigenvalue weighted by Crippen LogP contribution is -2.35. The molecule has 2 aliphatic rings. The highest BCUT2D eigenvalue weighted by Gasteiger charge is 2.44. The van der Waals surface area contributed by atoms with Crippen molar-refractivity contribution in [3.63, 3.8) is 0 Å². The molecule has 5 nitrogen and oxygen atoms in total. The second-order valence-electron chi connectivity index (χ2n) is 11.8. The summed E-state index contributed by atoms with van der Waals surface area (Å²) in [6, 6.07) is 28.5. The van der Waals surface area contributed by atoms with E-state index in [-0.39, 0.29) is 18.6 Å². The van der Waals surface area contributed by atoms with Crippen LogP contribution >= 0.6 is 0 Å². The maximum atomic E-state index is 10.3. The predicted octanol–water partition coefficient (Wildman–Crippen LogP) is 7.50. The van der Waals surface area contributed by atoms with Crippen molar-refractivity contribution in [3.8, 4) is 28.4 Å². The number of hydrogen-bond donors (Lipinski definition) is 2. The molecule has 0 fully saturated rings. The fraction of sp³-hybridized carbons (Fsp3) is 0.211. The highest BCUT2D eigenvalue weighted by Crippen LogP contribution is 2.58. The van der Waals surface area contributed by atoms with Crippen LogP contribution in [0.1, 0.15) is 52.8 Å². The lowest BCUT2D eigenvalue weighted by Gasteiger charge is -2.38. The van der Waals surface area contributed by atoms with Gasteiger partial charge in [-0.1, -0.05) is 68.5 Å². The fourth-order valence-corrected chi connectivity index (χ4v) is 7.03. The molecule has 43 heavy (non-hydrogen) atoms. The van der Waals surface area contributed by atoms with Gasteiger partial charge in [0.1, 0.15) is 17.2 Å². The van der Waals surface area contributed by atoms with Crippen molar-refractivity contribution in [2.75, 3.05) is 14.2 Å². The molecule has 0 saturated carbocycles. The summed E-state index contributed by atoms with van der Waals surface area (Å²) in [7, 11) is 3.32. The first-order chi connectivity index (χ1) is 20.9. The van der Waals surface area contributed by atoms with Gasteiger partial charge >= 0.3 is 0 Å². The van der Waals surface area contributed by atoms with Gasteiger partial charge < -0.3 is 24.4 Å². The van der Waals surface area contributed by atoms with E-state index in [1.54, 1.807) is 14.2 Å². The minimum absolute atomic E-state index is 0.162. The quantitative estimate of drug-likeness (QED) is 0.221. The Hall–Kier alpha value is -4.58. The molecular weight excluding hydrogens is 536 g/mol. The summed E-state index contributed by atoms with van der Waals surface area (Å²) in [6.45, 7) is 4.19. The van der Waals surface area contributed by atoms with E-state index >= 15 is 0 Å². The van der Waals surface area contributed by atoms with Crippen molar-refractivity contribution < 1.29 is 24.4 Å². The molecule has 216 valence electrons. The minimum atomic E-state index is -0.947. The smallest absolute Gasteiger partial charge is 0.178 e. The Bertz CT molecular complexity index is 1850. The summed E-state index contributed by atoms with van der Waals surface area (Å²) in [5, 5.41) is 22.5. The van der Waals surface area contributed by atoms with Crippen LogP contribution in [0.4, 0.5) is 0 Å². The van der Waals surface area contributed by atoms with Crippen LogP contribution in [-0.2, 0) is 24.2 Å². The Morgan fingerprint density at radius 2 is 1.28 bits per heavy atom. The summed E-state index contributed by atoms with van der Waals surface area (Å²) < 4.78 is 18.3. The maximum Gasteiger partial charge on any atom is 0.178 e. The zero-order valence-electron chi connectivity index (χ0n) is 24.8. The largest absolute Gasteiger partial charge is 0.497 e. The summed E-state index contributed by atoms with van der Waals surface area (Å²) in [5.41, 5.74) is 7.89. The standard InChI is InChI=1S/C38H34O5/c1-37(2)33-8-6-5-7-29(33)34-31-19-23(21-39)24(22-40)20-32(31)36-30(35(34)37)17-18-38(43-36,25-9-13-27(41-3)14-10-25)26-11-15-28(42-4)16-12-26/h5-20,39-40H,21-22H2,1-4H3. The molecule has 1 aliphatic carbocycles. The van der Waals surface area contributed by atoms with Crippen molar-refractivity contribution in [3.05, 3.63) is 130 Å².